The van der Waals surface area contributed by atoms with Gasteiger partial charge in [-0.25, -0.2) is 9.78 Å². The number of amides is 4. The minimum absolute atomic E-state index is 0.154. The third-order valence-corrected chi connectivity index (χ3v) is 8.84. The van der Waals surface area contributed by atoms with Gasteiger partial charge in [0, 0.05) is 50.2 Å². The fourth-order valence-corrected chi connectivity index (χ4v) is 6.29. The number of nitrogens with one attached hydrogen (secondary N) is 6. The Hall–Kier alpha value is -4.10. The van der Waals surface area contributed by atoms with E-state index in [9.17, 15) is 19.5 Å². The normalized spacial score (nSPS) is 19.9. The van der Waals surface area contributed by atoms with Gasteiger partial charge in [0.25, 0.3) is 0 Å². The number of rotatable bonds is 13. The van der Waals surface area contributed by atoms with Crippen LogP contribution < -0.4 is 26.6 Å². The van der Waals surface area contributed by atoms with Gasteiger partial charge in [-0.15, -0.1) is 0 Å². The lowest BCUT2D eigenvalue weighted by molar-refractivity contribution is -0.131. The first-order chi connectivity index (χ1) is 22.0. The second kappa shape index (κ2) is 16.3. The lowest BCUT2D eigenvalue weighted by Gasteiger charge is -2.34. The highest BCUT2D eigenvalue weighted by molar-refractivity contribution is 5.92. The molecule has 13 nitrogen and oxygen atoms in total. The summed E-state index contributed by atoms with van der Waals surface area (Å²) >= 11 is 0. The summed E-state index contributed by atoms with van der Waals surface area (Å²) in [6, 6.07) is 6.62. The molecular formula is C32H46N8O5. The number of carbonyl (C=O) groups is 3. The maximum atomic E-state index is 14.0. The fourth-order valence-electron chi connectivity index (χ4n) is 6.29. The molecule has 1 aliphatic carbocycles. The zero-order chi connectivity index (χ0) is 31.4. The predicted octanol–water partition coefficient (Wildman–Crippen LogP) is 0.896. The predicted molar refractivity (Wildman–Crippen MR) is 167 cm³/mol. The van der Waals surface area contributed by atoms with Crippen LogP contribution in [0.25, 0.3) is 0 Å². The molecule has 2 fully saturated rings. The van der Waals surface area contributed by atoms with E-state index in [1.807, 2.05) is 30.3 Å². The number of aromatic amines is 1. The molecule has 1 aromatic heterocycles. The van der Waals surface area contributed by atoms with Gasteiger partial charge >= 0.3 is 6.03 Å². The van der Waals surface area contributed by atoms with Crippen molar-refractivity contribution in [2.45, 2.75) is 81.8 Å². The molecule has 45 heavy (non-hydrogen) atoms. The summed E-state index contributed by atoms with van der Waals surface area (Å²) in [4.78, 5) is 49.8. The van der Waals surface area contributed by atoms with Crippen LogP contribution in [0.15, 0.2) is 55.3 Å². The van der Waals surface area contributed by atoms with Crippen molar-refractivity contribution in [3.8, 4) is 0 Å². The van der Waals surface area contributed by atoms with Crippen LogP contribution in [-0.2, 0) is 27.2 Å². The van der Waals surface area contributed by atoms with E-state index in [0.29, 0.717) is 44.3 Å². The van der Waals surface area contributed by atoms with Crippen molar-refractivity contribution in [1.29, 1.82) is 0 Å². The molecular weight excluding hydrogens is 576 g/mol. The number of aliphatic hydroxyl groups is 1. The van der Waals surface area contributed by atoms with E-state index in [1.165, 1.54) is 12.7 Å². The van der Waals surface area contributed by atoms with E-state index in [-0.39, 0.29) is 18.9 Å². The molecule has 3 aliphatic rings. The first-order valence-corrected chi connectivity index (χ1v) is 16.1. The van der Waals surface area contributed by atoms with Gasteiger partial charge in [0.05, 0.1) is 25.6 Å². The second-order valence-electron chi connectivity index (χ2n) is 12.1. The van der Waals surface area contributed by atoms with E-state index in [4.69, 9.17) is 4.74 Å². The molecule has 1 saturated carbocycles. The quantitative estimate of drug-likeness (QED) is 0.173. The molecule has 7 N–H and O–H groups in total. The van der Waals surface area contributed by atoms with E-state index in [0.717, 1.165) is 31.2 Å². The number of aromatic nitrogens is 2. The highest BCUT2D eigenvalue weighted by Gasteiger charge is 2.35. The summed E-state index contributed by atoms with van der Waals surface area (Å²) in [7, 11) is 0. The van der Waals surface area contributed by atoms with E-state index < -0.39 is 42.2 Å². The molecule has 3 heterocycles. The Morgan fingerprint density at radius 3 is 2.31 bits per heavy atom. The van der Waals surface area contributed by atoms with Gasteiger partial charge in [0.15, 0.2) is 0 Å². The molecule has 0 unspecified atom stereocenters. The van der Waals surface area contributed by atoms with Gasteiger partial charge in [0.2, 0.25) is 11.8 Å². The van der Waals surface area contributed by atoms with Crippen molar-refractivity contribution in [3.05, 3.63) is 66.5 Å². The molecule has 244 valence electrons. The smallest absolute Gasteiger partial charge is 0.318 e. The summed E-state index contributed by atoms with van der Waals surface area (Å²) in [5.41, 5.74) is 1.54. The second-order valence-corrected chi connectivity index (χ2v) is 12.1. The molecule has 0 radical (unpaired) electrons. The van der Waals surface area contributed by atoms with Crippen LogP contribution in [0.2, 0.25) is 0 Å². The maximum Gasteiger partial charge on any atom is 0.318 e. The first-order valence-electron chi connectivity index (χ1n) is 16.1. The zero-order valence-electron chi connectivity index (χ0n) is 25.6. The molecule has 1 saturated heterocycles. The number of benzene rings is 1. The van der Waals surface area contributed by atoms with Crippen LogP contribution in [0, 0.1) is 5.92 Å². The number of carbonyl (C=O) groups excluding carboxylic acids is 3. The van der Waals surface area contributed by atoms with Crippen molar-refractivity contribution < 1.29 is 24.2 Å². The van der Waals surface area contributed by atoms with Gasteiger partial charge in [-0.1, -0.05) is 62.4 Å². The Labute approximate surface area is 264 Å². The van der Waals surface area contributed by atoms with Crippen molar-refractivity contribution in [2.75, 3.05) is 26.3 Å². The highest BCUT2D eigenvalue weighted by atomic mass is 16.5. The Kier molecular flexibility index (Phi) is 11.7. The lowest BCUT2D eigenvalue weighted by Crippen LogP contribution is -2.60. The van der Waals surface area contributed by atoms with Crippen LogP contribution in [0.4, 0.5) is 4.79 Å². The molecule has 5 rings (SSSR count). The van der Waals surface area contributed by atoms with Crippen LogP contribution >= 0.6 is 0 Å². The number of hydrogen-bond donors (Lipinski definition) is 7. The average Bonchev–Trinajstić information content (AvgIpc) is 3.80. The molecule has 4 amide bonds. The topological polar surface area (TPSA) is 173 Å². The lowest BCUT2D eigenvalue weighted by atomic mass is 9.83. The number of morpholine rings is 1. The van der Waals surface area contributed by atoms with Crippen molar-refractivity contribution >= 4 is 17.8 Å². The van der Waals surface area contributed by atoms with E-state index in [1.54, 1.807) is 23.5 Å². The zero-order valence-corrected chi connectivity index (χ0v) is 25.6. The van der Waals surface area contributed by atoms with Gasteiger partial charge < -0.3 is 46.3 Å². The van der Waals surface area contributed by atoms with Gasteiger partial charge in [-0.3, -0.25) is 9.59 Å². The Bertz CT molecular complexity index is 1240. The first kappa shape index (κ1) is 32.3. The summed E-state index contributed by atoms with van der Waals surface area (Å²) < 4.78 is 5.37. The van der Waals surface area contributed by atoms with Crippen LogP contribution in [0.3, 0.4) is 0 Å². The standard InChI is InChI=1S/C32H46N8O5/c41-28(29-34-11-12-35-29)25(17-22-7-3-1-4-8-22)37-31(43)27(19-24-20-33-21-36-24)38-30(42)26(18-23-9-5-2-6-10-23)39-32(44)40-13-15-45-16-14-40/h2,5-6,9-12,20-22,25-29,34-35,41H,1,3-4,7-8,13-19H2,(H,33,36)(H,37,43)(H,38,42)(H,39,44)/t25-,26-,27-,28+/m0/s1. The highest BCUT2D eigenvalue weighted by Crippen LogP contribution is 2.28. The minimum Gasteiger partial charge on any atom is -0.387 e. The SMILES string of the molecule is O=C(N[C@@H](CC1CCCCC1)[C@@H](O)C1NC=CN1)[C@H](Cc1cnc[nH]1)NC(=O)[C@H](Cc1ccccc1)NC(=O)N1CCOCC1. The maximum absolute atomic E-state index is 14.0. The molecule has 2 aromatic rings. The molecule has 1 aromatic carbocycles. The minimum atomic E-state index is -0.986. The number of imidazole rings is 1. The van der Waals surface area contributed by atoms with Crippen molar-refractivity contribution in [3.63, 3.8) is 0 Å². The number of hydrogen-bond acceptors (Lipinski definition) is 8. The van der Waals surface area contributed by atoms with Gasteiger partial charge in [-0.05, 0) is 17.9 Å². The number of aliphatic hydroxyl groups excluding tert-OH is 1. The van der Waals surface area contributed by atoms with Crippen LogP contribution in [-0.4, -0.2) is 94.5 Å². The Balaban J connectivity index is 1.32. The third kappa shape index (κ3) is 9.44. The number of urea groups is 1. The molecule has 0 spiro atoms. The monoisotopic (exact) mass is 622 g/mol. The Morgan fingerprint density at radius 1 is 0.933 bits per heavy atom. The molecule has 0 bridgehead atoms. The van der Waals surface area contributed by atoms with Gasteiger partial charge in [0.1, 0.15) is 24.4 Å². The number of nitrogens with zero attached hydrogens (tertiary/aromatic N) is 2. The van der Waals surface area contributed by atoms with Gasteiger partial charge in [-0.2, -0.15) is 0 Å². The molecule has 2 aliphatic heterocycles. The average molecular weight is 623 g/mol. The van der Waals surface area contributed by atoms with Crippen molar-refractivity contribution in [1.82, 2.24) is 41.5 Å². The van der Waals surface area contributed by atoms with Crippen LogP contribution in [0.1, 0.15) is 49.8 Å². The summed E-state index contributed by atoms with van der Waals surface area (Å²) in [6.07, 6.45) is 11.9. The summed E-state index contributed by atoms with van der Waals surface area (Å²) in [6.45, 7) is 1.74. The Morgan fingerprint density at radius 2 is 1.62 bits per heavy atom. The number of H-pyrrole nitrogens is 1. The van der Waals surface area contributed by atoms with Crippen LogP contribution in [0.5, 0.6) is 0 Å². The van der Waals surface area contributed by atoms with E-state index in [2.05, 4.69) is 36.6 Å². The fraction of sp³-hybridized carbons (Fsp3) is 0.562. The largest absolute Gasteiger partial charge is 0.387 e. The third-order valence-electron chi connectivity index (χ3n) is 8.84. The molecule has 4 atom stereocenters. The summed E-state index contributed by atoms with van der Waals surface area (Å²) in [5, 5.41) is 26.4. The summed E-state index contributed by atoms with van der Waals surface area (Å²) in [5.74, 6) is -0.506. The molecule has 13 heteroatoms. The van der Waals surface area contributed by atoms with Crippen molar-refractivity contribution in [2.24, 2.45) is 5.92 Å². The number of ether oxygens (including phenoxy) is 1. The van der Waals surface area contributed by atoms with E-state index >= 15 is 0 Å².